The highest BCUT2D eigenvalue weighted by Crippen LogP contribution is 2.20. The molecule has 96 valence electrons. The van der Waals surface area contributed by atoms with Crippen molar-refractivity contribution in [2.75, 3.05) is 27.2 Å². The maximum Gasteiger partial charge on any atom is 0.233 e. The van der Waals surface area contributed by atoms with Crippen molar-refractivity contribution in [3.63, 3.8) is 0 Å². The van der Waals surface area contributed by atoms with Crippen LogP contribution in [0.2, 0.25) is 0 Å². The van der Waals surface area contributed by atoms with Gasteiger partial charge in [-0.1, -0.05) is 11.8 Å². The highest BCUT2D eigenvalue weighted by atomic mass is 32.2. The Labute approximate surface area is 107 Å². The van der Waals surface area contributed by atoms with Crippen molar-refractivity contribution in [3.8, 4) is 0 Å². The van der Waals surface area contributed by atoms with Crippen molar-refractivity contribution in [2.45, 2.75) is 17.3 Å². The zero-order valence-corrected chi connectivity index (χ0v) is 11.6. The van der Waals surface area contributed by atoms with E-state index in [1.54, 1.807) is 6.20 Å². The van der Waals surface area contributed by atoms with Crippen LogP contribution in [0, 0.1) is 0 Å². The number of carbonyl (C=O) groups is 1. The lowest BCUT2D eigenvalue weighted by Crippen LogP contribution is -2.35. The summed E-state index contributed by atoms with van der Waals surface area (Å²) in [7, 11) is 5.89. The van der Waals surface area contributed by atoms with Crippen molar-refractivity contribution in [3.05, 3.63) is 12.4 Å². The number of aromatic nitrogens is 2. The fourth-order valence-corrected chi connectivity index (χ4v) is 2.08. The van der Waals surface area contributed by atoms with E-state index in [2.05, 4.69) is 10.3 Å². The van der Waals surface area contributed by atoms with E-state index in [1.165, 1.54) is 11.8 Å². The van der Waals surface area contributed by atoms with Crippen LogP contribution in [0.3, 0.4) is 0 Å². The summed E-state index contributed by atoms with van der Waals surface area (Å²) in [6.07, 6.45) is 3.61. The Morgan fingerprint density at radius 2 is 2.35 bits per heavy atom. The Balaban J connectivity index is 2.35. The van der Waals surface area contributed by atoms with Crippen molar-refractivity contribution in [1.82, 2.24) is 19.8 Å². The monoisotopic (exact) mass is 256 g/mol. The minimum absolute atomic E-state index is 0.0554. The summed E-state index contributed by atoms with van der Waals surface area (Å²) in [6, 6.07) is 0. The second kappa shape index (κ2) is 6.66. The molecule has 1 atom stereocenters. The summed E-state index contributed by atoms with van der Waals surface area (Å²) in [5.41, 5.74) is 0. The Morgan fingerprint density at radius 1 is 1.65 bits per heavy atom. The second-order valence-electron chi connectivity index (χ2n) is 4.18. The van der Waals surface area contributed by atoms with Gasteiger partial charge in [0.05, 0.1) is 5.25 Å². The highest BCUT2D eigenvalue weighted by molar-refractivity contribution is 8.00. The molecule has 1 amide bonds. The maximum absolute atomic E-state index is 11.8. The standard InChI is InChI=1S/C11H20N4OS/c1-9(10(16)12-5-7-14(2)3)17-11-13-6-8-15(11)4/h6,8-9H,5,7H2,1-4H3,(H,12,16). The van der Waals surface area contributed by atoms with Gasteiger partial charge >= 0.3 is 0 Å². The summed E-state index contributed by atoms with van der Waals surface area (Å²) < 4.78 is 1.91. The molecule has 1 N–H and O–H groups in total. The molecule has 0 saturated heterocycles. The fourth-order valence-electron chi connectivity index (χ4n) is 1.22. The van der Waals surface area contributed by atoms with Gasteiger partial charge in [-0.15, -0.1) is 0 Å². The predicted octanol–water partition coefficient (Wildman–Crippen LogP) is 0.578. The molecular weight excluding hydrogens is 236 g/mol. The summed E-state index contributed by atoms with van der Waals surface area (Å²) in [5.74, 6) is 0.0554. The first-order chi connectivity index (χ1) is 8.00. The summed E-state index contributed by atoms with van der Waals surface area (Å²) in [4.78, 5) is 18.0. The number of amides is 1. The average Bonchev–Trinajstić information content (AvgIpc) is 2.63. The molecule has 1 unspecified atom stereocenters. The molecule has 17 heavy (non-hydrogen) atoms. The number of carbonyl (C=O) groups excluding carboxylic acids is 1. The first-order valence-electron chi connectivity index (χ1n) is 5.57. The molecule has 5 nitrogen and oxygen atoms in total. The van der Waals surface area contributed by atoms with Gasteiger partial charge < -0.3 is 14.8 Å². The molecule has 0 radical (unpaired) electrons. The lowest BCUT2D eigenvalue weighted by molar-refractivity contribution is -0.120. The first-order valence-corrected chi connectivity index (χ1v) is 6.45. The van der Waals surface area contributed by atoms with E-state index in [1.807, 2.05) is 43.7 Å². The molecule has 0 aliphatic heterocycles. The van der Waals surface area contributed by atoms with Gasteiger partial charge in [-0.05, 0) is 21.0 Å². The molecule has 0 bridgehead atoms. The second-order valence-corrected chi connectivity index (χ2v) is 5.48. The Morgan fingerprint density at radius 3 is 2.88 bits per heavy atom. The third-order valence-electron chi connectivity index (χ3n) is 2.29. The van der Waals surface area contributed by atoms with E-state index in [4.69, 9.17) is 0 Å². The van der Waals surface area contributed by atoms with Gasteiger partial charge in [0.1, 0.15) is 0 Å². The summed E-state index contributed by atoms with van der Waals surface area (Å²) >= 11 is 1.47. The van der Waals surface area contributed by atoms with Crippen LogP contribution in [0.4, 0.5) is 0 Å². The Kier molecular flexibility index (Phi) is 5.50. The van der Waals surface area contributed by atoms with Crippen molar-refractivity contribution >= 4 is 17.7 Å². The molecule has 1 aromatic rings. The number of nitrogens with one attached hydrogen (secondary N) is 1. The topological polar surface area (TPSA) is 50.2 Å². The van der Waals surface area contributed by atoms with Gasteiger partial charge in [-0.3, -0.25) is 4.79 Å². The lowest BCUT2D eigenvalue weighted by Gasteiger charge is -2.13. The number of thioether (sulfide) groups is 1. The van der Waals surface area contributed by atoms with Crippen LogP contribution in [0.15, 0.2) is 17.6 Å². The van der Waals surface area contributed by atoms with Crippen molar-refractivity contribution in [2.24, 2.45) is 7.05 Å². The summed E-state index contributed by atoms with van der Waals surface area (Å²) in [5, 5.41) is 3.64. The molecule has 1 aromatic heterocycles. The lowest BCUT2D eigenvalue weighted by atomic mass is 10.4. The summed E-state index contributed by atoms with van der Waals surface area (Å²) in [6.45, 7) is 3.42. The molecule has 1 heterocycles. The van der Waals surface area contributed by atoms with Gasteiger partial charge in [-0.25, -0.2) is 4.98 Å². The SMILES string of the molecule is CC(Sc1nccn1C)C(=O)NCCN(C)C. The van der Waals surface area contributed by atoms with Gasteiger partial charge in [0.25, 0.3) is 0 Å². The van der Waals surface area contributed by atoms with Crippen molar-refractivity contribution in [1.29, 1.82) is 0 Å². The molecule has 0 aliphatic rings. The van der Waals surface area contributed by atoms with Gasteiger partial charge in [0.15, 0.2) is 5.16 Å². The van der Waals surface area contributed by atoms with Crippen LogP contribution >= 0.6 is 11.8 Å². The number of hydrogen-bond acceptors (Lipinski definition) is 4. The normalized spacial score (nSPS) is 12.8. The molecule has 0 spiro atoms. The van der Waals surface area contributed by atoms with Gasteiger partial charge in [0.2, 0.25) is 5.91 Å². The smallest absolute Gasteiger partial charge is 0.233 e. The van der Waals surface area contributed by atoms with E-state index in [-0.39, 0.29) is 11.2 Å². The van der Waals surface area contributed by atoms with Gasteiger partial charge in [-0.2, -0.15) is 0 Å². The molecule has 0 saturated carbocycles. The third kappa shape index (κ3) is 4.79. The Hall–Kier alpha value is -1.01. The quantitative estimate of drug-likeness (QED) is 0.756. The number of likely N-dealkylation sites (N-methyl/N-ethyl adjacent to an activating group) is 1. The minimum Gasteiger partial charge on any atom is -0.354 e. The minimum atomic E-state index is -0.127. The molecule has 0 aliphatic carbocycles. The Bertz CT molecular complexity index is 364. The van der Waals surface area contributed by atoms with Gasteiger partial charge in [0, 0.05) is 32.5 Å². The fraction of sp³-hybridized carbons (Fsp3) is 0.636. The number of hydrogen-bond donors (Lipinski definition) is 1. The van der Waals surface area contributed by atoms with Crippen molar-refractivity contribution < 1.29 is 4.79 Å². The molecule has 0 aromatic carbocycles. The molecule has 6 heteroatoms. The van der Waals surface area contributed by atoms with E-state index in [0.29, 0.717) is 6.54 Å². The van der Waals surface area contributed by atoms with E-state index >= 15 is 0 Å². The zero-order chi connectivity index (χ0) is 12.8. The van der Waals surface area contributed by atoms with Crippen LogP contribution in [-0.2, 0) is 11.8 Å². The predicted molar refractivity (Wildman–Crippen MR) is 70.1 cm³/mol. The third-order valence-corrected chi connectivity index (χ3v) is 3.46. The van der Waals surface area contributed by atoms with Crippen LogP contribution in [0.1, 0.15) is 6.92 Å². The molecule has 0 fully saturated rings. The zero-order valence-electron chi connectivity index (χ0n) is 10.8. The number of imidazole rings is 1. The van der Waals surface area contributed by atoms with Crippen LogP contribution < -0.4 is 5.32 Å². The van der Waals surface area contributed by atoms with Crippen LogP contribution in [-0.4, -0.2) is 52.8 Å². The number of nitrogens with zero attached hydrogens (tertiary/aromatic N) is 3. The maximum atomic E-state index is 11.8. The molecule has 1 rings (SSSR count). The highest BCUT2D eigenvalue weighted by Gasteiger charge is 2.15. The number of rotatable bonds is 6. The molecular formula is C11H20N4OS. The van der Waals surface area contributed by atoms with E-state index in [0.717, 1.165) is 11.7 Å². The first kappa shape index (κ1) is 14.1. The average molecular weight is 256 g/mol. The van der Waals surface area contributed by atoms with Crippen LogP contribution in [0.5, 0.6) is 0 Å². The van der Waals surface area contributed by atoms with E-state index in [9.17, 15) is 4.79 Å². The largest absolute Gasteiger partial charge is 0.354 e. The van der Waals surface area contributed by atoms with E-state index < -0.39 is 0 Å². The number of aryl methyl sites for hydroxylation is 1. The van der Waals surface area contributed by atoms with Crippen LogP contribution in [0.25, 0.3) is 0 Å².